The van der Waals surface area contributed by atoms with Gasteiger partial charge in [0.25, 0.3) is 0 Å². The minimum Gasteiger partial charge on any atom is -0.453 e. The molecular weight excluding hydrogens is 506 g/mol. The number of amides is 1. The van der Waals surface area contributed by atoms with Crippen LogP contribution in [0.25, 0.3) is 21.7 Å². The SMILES string of the molecule is [2H]C([2H])([2H])n1c(=O)n([C@@H]2CC[C@@]([2H])(NC(=O)OC)C2)c2cc(Nc3cc(C)cc(-c4ncc(C(C)(C)O)s4)n3)ncc21. The molecule has 1 aliphatic rings. The number of aryl methyl sites for hydroxylation is 2. The van der Waals surface area contributed by atoms with Gasteiger partial charge in [-0.1, -0.05) is 0 Å². The van der Waals surface area contributed by atoms with Gasteiger partial charge in [0.1, 0.15) is 22.3 Å². The van der Waals surface area contributed by atoms with Crippen LogP contribution in [-0.2, 0) is 17.3 Å². The fourth-order valence-electron chi connectivity index (χ4n) is 4.54. The van der Waals surface area contributed by atoms with Crippen LogP contribution in [0.1, 0.15) is 55.1 Å². The lowest BCUT2D eigenvalue weighted by Gasteiger charge is -2.14. The van der Waals surface area contributed by atoms with Crippen LogP contribution >= 0.6 is 11.3 Å². The van der Waals surface area contributed by atoms with Crippen LogP contribution in [-0.4, -0.2) is 48.4 Å². The maximum atomic E-state index is 13.5. The first kappa shape index (κ1) is 21.2. The zero-order chi connectivity index (χ0) is 30.6. The molecule has 4 aromatic rings. The molecule has 38 heavy (non-hydrogen) atoms. The minimum atomic E-state index is -2.76. The van der Waals surface area contributed by atoms with Crippen molar-refractivity contribution in [3.63, 3.8) is 0 Å². The number of rotatable bonds is 6. The molecule has 11 nitrogen and oxygen atoms in total. The van der Waals surface area contributed by atoms with Crippen molar-refractivity contribution >= 4 is 40.1 Å². The summed E-state index contributed by atoms with van der Waals surface area (Å²) >= 11 is 1.34. The molecule has 4 heterocycles. The molecule has 2 atom stereocenters. The van der Waals surface area contributed by atoms with Crippen LogP contribution in [0.4, 0.5) is 16.4 Å². The quantitative estimate of drug-likeness (QED) is 0.333. The smallest absolute Gasteiger partial charge is 0.407 e. The Hall–Kier alpha value is -3.77. The van der Waals surface area contributed by atoms with Crippen LogP contribution in [0.3, 0.4) is 0 Å². The van der Waals surface area contributed by atoms with Gasteiger partial charge in [-0.05, 0) is 57.7 Å². The van der Waals surface area contributed by atoms with Crippen molar-refractivity contribution in [1.29, 1.82) is 0 Å². The van der Waals surface area contributed by atoms with Crippen molar-refractivity contribution in [1.82, 2.24) is 29.4 Å². The molecule has 0 bridgehead atoms. The van der Waals surface area contributed by atoms with Crippen molar-refractivity contribution in [3.05, 3.63) is 51.5 Å². The Morgan fingerprint density at radius 1 is 1.24 bits per heavy atom. The molecule has 3 N–H and O–H groups in total. The molecule has 1 amide bonds. The number of hydrogen-bond acceptors (Lipinski definition) is 9. The molecule has 4 aromatic heterocycles. The normalized spacial score (nSPS) is 21.4. The highest BCUT2D eigenvalue weighted by Gasteiger charge is 2.30. The first-order chi connectivity index (χ1) is 19.6. The third kappa shape index (κ3) is 5.01. The van der Waals surface area contributed by atoms with Gasteiger partial charge in [-0.25, -0.2) is 24.5 Å². The predicted molar refractivity (Wildman–Crippen MR) is 146 cm³/mol. The van der Waals surface area contributed by atoms with Gasteiger partial charge in [0, 0.05) is 35.4 Å². The van der Waals surface area contributed by atoms with E-state index in [0.717, 1.165) is 10.1 Å². The fraction of sp³-hybridized carbons (Fsp3) is 0.423. The number of aromatic nitrogens is 5. The molecule has 12 heteroatoms. The van der Waals surface area contributed by atoms with Gasteiger partial charge in [0.2, 0.25) is 0 Å². The lowest BCUT2D eigenvalue weighted by Crippen LogP contribution is -2.33. The van der Waals surface area contributed by atoms with Crippen molar-refractivity contribution in [2.45, 2.75) is 57.7 Å². The van der Waals surface area contributed by atoms with Gasteiger partial charge >= 0.3 is 11.8 Å². The van der Waals surface area contributed by atoms with Crippen LogP contribution in [0.15, 0.2) is 35.4 Å². The van der Waals surface area contributed by atoms with E-state index in [4.69, 9.17) is 5.48 Å². The highest BCUT2D eigenvalue weighted by molar-refractivity contribution is 7.15. The summed E-state index contributed by atoms with van der Waals surface area (Å²) in [6, 6.07) is 3.34. The number of aliphatic hydroxyl groups is 1. The summed E-state index contributed by atoms with van der Waals surface area (Å²) in [6.07, 6.45) is 2.88. The number of imidazole rings is 1. The highest BCUT2D eigenvalue weighted by Crippen LogP contribution is 2.34. The van der Waals surface area contributed by atoms with E-state index in [2.05, 4.69) is 30.3 Å². The number of nitrogens with zero attached hydrogens (tertiary/aromatic N) is 5. The standard InChI is InChI=1S/C26H31N7O4S/c1-14-8-17(23-28-13-20(38-23)26(2,3)36)30-22(9-14)31-21-11-18-19(12-27-21)32(4)25(35)33(18)16-7-6-15(10-16)29-24(34)37-5/h8-9,11-13,15-16,36H,6-7,10H2,1-5H3,(H,29,34)(H,27,30,31)/t15-,16-/m1/s1/i4D3,15D. The summed E-state index contributed by atoms with van der Waals surface area (Å²) in [5.74, 6) is 0.774. The summed E-state index contributed by atoms with van der Waals surface area (Å²) in [5, 5.41) is 16.6. The van der Waals surface area contributed by atoms with E-state index >= 15 is 0 Å². The third-order valence-corrected chi connectivity index (χ3v) is 7.74. The molecule has 0 saturated heterocycles. The van der Waals surface area contributed by atoms with Crippen LogP contribution in [0, 0.1) is 6.92 Å². The van der Waals surface area contributed by atoms with Gasteiger partial charge in [-0.3, -0.25) is 9.13 Å². The van der Waals surface area contributed by atoms with E-state index < -0.39 is 36.4 Å². The number of carbonyl (C=O) groups excluding carboxylic acids is 1. The first-order valence-electron chi connectivity index (χ1n) is 14.0. The Morgan fingerprint density at radius 2 is 2.05 bits per heavy atom. The highest BCUT2D eigenvalue weighted by atomic mass is 32.1. The number of pyridine rings is 2. The molecule has 1 saturated carbocycles. The second-order valence-electron chi connectivity index (χ2n) is 9.79. The molecule has 0 unspecified atom stereocenters. The summed E-state index contributed by atoms with van der Waals surface area (Å²) in [6.45, 7) is 2.52. The van der Waals surface area contributed by atoms with Crippen molar-refractivity contribution in [2.24, 2.45) is 6.98 Å². The number of carbonyl (C=O) groups is 1. The predicted octanol–water partition coefficient (Wildman–Crippen LogP) is 3.98. The van der Waals surface area contributed by atoms with E-state index in [1.165, 1.54) is 29.2 Å². The van der Waals surface area contributed by atoms with Gasteiger partial charge < -0.3 is 20.5 Å². The Labute approximate surface area is 229 Å². The Kier molecular flexibility index (Phi) is 5.49. The van der Waals surface area contributed by atoms with E-state index in [1.54, 1.807) is 26.1 Å². The van der Waals surface area contributed by atoms with Gasteiger partial charge in [-0.15, -0.1) is 11.3 Å². The van der Waals surface area contributed by atoms with Crippen LogP contribution in [0.2, 0.25) is 0 Å². The molecule has 200 valence electrons. The van der Waals surface area contributed by atoms with Gasteiger partial charge in [0.15, 0.2) is 0 Å². The van der Waals surface area contributed by atoms with Crippen molar-refractivity contribution in [3.8, 4) is 10.7 Å². The lowest BCUT2D eigenvalue weighted by atomic mass is 10.1. The molecular formula is C26H31N7O4S. The van der Waals surface area contributed by atoms with Crippen LogP contribution < -0.4 is 16.3 Å². The Balaban J connectivity index is 1.53. The van der Waals surface area contributed by atoms with Crippen molar-refractivity contribution in [2.75, 3.05) is 12.4 Å². The summed E-state index contributed by atoms with van der Waals surface area (Å²) in [4.78, 5) is 39.5. The second-order valence-corrected chi connectivity index (χ2v) is 10.8. The number of methoxy groups -OCH3 is 1. The van der Waals surface area contributed by atoms with E-state index in [1.807, 2.05) is 19.1 Å². The average Bonchev–Trinajstić information content (AvgIpc) is 3.58. The number of ether oxygens (including phenoxy) is 1. The number of alkyl carbamates (subject to hydrolysis) is 1. The molecule has 1 aliphatic carbocycles. The van der Waals surface area contributed by atoms with E-state index in [0.29, 0.717) is 39.2 Å². The molecule has 0 aromatic carbocycles. The maximum absolute atomic E-state index is 13.5. The van der Waals surface area contributed by atoms with E-state index in [9.17, 15) is 14.7 Å². The molecule has 0 aliphatic heterocycles. The minimum absolute atomic E-state index is 0.0798. The number of thiazole rings is 1. The average molecular weight is 542 g/mol. The maximum Gasteiger partial charge on any atom is 0.407 e. The second kappa shape index (κ2) is 9.84. The number of nitrogens with one attached hydrogen (secondary N) is 2. The largest absolute Gasteiger partial charge is 0.453 e. The number of hydrogen-bond donors (Lipinski definition) is 3. The third-order valence-electron chi connectivity index (χ3n) is 6.40. The van der Waals surface area contributed by atoms with Crippen molar-refractivity contribution < 1.29 is 20.1 Å². The number of fused-ring (bicyclic) bond motifs is 1. The van der Waals surface area contributed by atoms with Crippen LogP contribution in [0.5, 0.6) is 0 Å². The zero-order valence-corrected chi connectivity index (χ0v) is 22.2. The Bertz CT molecular complexity index is 1730. The van der Waals surface area contributed by atoms with Gasteiger partial charge in [-0.2, -0.15) is 0 Å². The van der Waals surface area contributed by atoms with E-state index in [-0.39, 0.29) is 18.4 Å². The Morgan fingerprint density at radius 3 is 2.76 bits per heavy atom. The molecule has 0 radical (unpaired) electrons. The molecule has 0 spiro atoms. The molecule has 1 fully saturated rings. The molecule has 5 rings (SSSR count). The first-order valence-corrected chi connectivity index (χ1v) is 12.8. The monoisotopic (exact) mass is 541 g/mol. The fourth-order valence-corrected chi connectivity index (χ4v) is 5.42. The van der Waals surface area contributed by atoms with Gasteiger partial charge in [0.05, 0.1) is 36.2 Å². The summed E-state index contributed by atoms with van der Waals surface area (Å²) < 4.78 is 39.3. The topological polar surface area (TPSA) is 136 Å². The summed E-state index contributed by atoms with van der Waals surface area (Å²) in [7, 11) is 1.21. The number of anilines is 2. The summed E-state index contributed by atoms with van der Waals surface area (Å²) in [5.41, 5.74) is 0.149. The zero-order valence-electron chi connectivity index (χ0n) is 25.4. The lowest BCUT2D eigenvalue weighted by molar-refractivity contribution is 0.0823.